The van der Waals surface area contributed by atoms with Crippen molar-refractivity contribution in [2.24, 2.45) is 5.92 Å². The molecule has 0 aliphatic carbocycles. The third-order valence-electron chi connectivity index (χ3n) is 1.27. The van der Waals surface area contributed by atoms with E-state index in [4.69, 9.17) is 5.11 Å². The number of aliphatic hydroxyl groups is 1. The topological polar surface area (TPSA) is 46.5 Å². The molecule has 0 saturated heterocycles. The minimum absolute atomic E-state index is 0.114. The Labute approximate surface area is 73.5 Å². The van der Waals surface area contributed by atoms with Gasteiger partial charge < -0.3 is 14.6 Å². The summed E-state index contributed by atoms with van der Waals surface area (Å²) in [6.07, 6.45) is -6.57. The predicted octanol–water partition coefficient (Wildman–Crippen LogP) is 0.761. The van der Waals surface area contributed by atoms with E-state index in [9.17, 15) is 18.0 Å². The van der Waals surface area contributed by atoms with Crippen molar-refractivity contribution in [3.05, 3.63) is 0 Å². The molecule has 0 fully saturated rings. The van der Waals surface area contributed by atoms with Crippen molar-refractivity contribution in [2.45, 2.75) is 19.2 Å². The fraction of sp³-hybridized carbons (Fsp3) is 0.857. The average molecular weight is 200 g/mol. The van der Waals surface area contributed by atoms with E-state index in [1.807, 2.05) is 0 Å². The fourth-order valence-corrected chi connectivity index (χ4v) is 0.499. The van der Waals surface area contributed by atoms with Crippen molar-refractivity contribution in [2.75, 3.05) is 13.2 Å². The largest absolute Gasteiger partial charge is 0.416 e. The molecule has 0 spiro atoms. The standard InChI is InChI=1S/C7H11F3O3/c1-5(2-11)3-13-4-6(12)7(8,9)10/h2,5-6,12H,3-4H2,1H3/t5-,6?/m1/s1. The summed E-state index contributed by atoms with van der Waals surface area (Å²) in [6.45, 7) is 0.561. The molecule has 78 valence electrons. The lowest BCUT2D eigenvalue weighted by Crippen LogP contribution is -2.33. The van der Waals surface area contributed by atoms with E-state index in [2.05, 4.69) is 4.74 Å². The van der Waals surface area contributed by atoms with Crippen LogP contribution in [0.15, 0.2) is 0 Å². The van der Waals surface area contributed by atoms with E-state index >= 15 is 0 Å². The molecular weight excluding hydrogens is 189 g/mol. The third-order valence-corrected chi connectivity index (χ3v) is 1.27. The van der Waals surface area contributed by atoms with Gasteiger partial charge in [-0.05, 0) is 0 Å². The van der Waals surface area contributed by atoms with Gasteiger partial charge in [-0.3, -0.25) is 0 Å². The molecule has 3 nitrogen and oxygen atoms in total. The molecule has 0 amide bonds. The Morgan fingerprint density at radius 1 is 1.46 bits per heavy atom. The van der Waals surface area contributed by atoms with E-state index in [-0.39, 0.29) is 6.61 Å². The van der Waals surface area contributed by atoms with Gasteiger partial charge in [0.15, 0.2) is 6.10 Å². The lowest BCUT2D eigenvalue weighted by molar-refractivity contribution is -0.217. The number of carbonyl (C=O) groups is 1. The number of hydrogen-bond acceptors (Lipinski definition) is 3. The van der Waals surface area contributed by atoms with Gasteiger partial charge in [0.1, 0.15) is 6.29 Å². The molecule has 1 unspecified atom stereocenters. The fourth-order valence-electron chi connectivity index (χ4n) is 0.499. The molecule has 6 heteroatoms. The van der Waals surface area contributed by atoms with Crippen LogP contribution in [-0.2, 0) is 9.53 Å². The highest BCUT2D eigenvalue weighted by atomic mass is 19.4. The zero-order chi connectivity index (χ0) is 10.5. The zero-order valence-electron chi connectivity index (χ0n) is 7.04. The molecule has 0 rings (SSSR count). The van der Waals surface area contributed by atoms with Gasteiger partial charge in [-0.25, -0.2) is 0 Å². The van der Waals surface area contributed by atoms with E-state index in [0.717, 1.165) is 0 Å². The van der Waals surface area contributed by atoms with Crippen molar-refractivity contribution in [3.8, 4) is 0 Å². The van der Waals surface area contributed by atoms with E-state index in [1.54, 1.807) is 0 Å². The van der Waals surface area contributed by atoms with Crippen LogP contribution in [0.5, 0.6) is 0 Å². The predicted molar refractivity (Wildman–Crippen MR) is 38.1 cm³/mol. The number of halogens is 3. The maximum Gasteiger partial charge on any atom is 0.416 e. The molecule has 0 bridgehead atoms. The Balaban J connectivity index is 3.59. The molecule has 0 saturated carbocycles. The zero-order valence-corrected chi connectivity index (χ0v) is 7.04. The first-order chi connectivity index (χ1) is 5.88. The number of aliphatic hydroxyl groups excluding tert-OH is 1. The van der Waals surface area contributed by atoms with Crippen LogP contribution in [-0.4, -0.2) is 36.9 Å². The van der Waals surface area contributed by atoms with Gasteiger partial charge in [0.05, 0.1) is 13.2 Å². The van der Waals surface area contributed by atoms with Crippen molar-refractivity contribution in [1.29, 1.82) is 0 Å². The summed E-state index contributed by atoms with van der Waals surface area (Å²) in [6, 6.07) is 0. The smallest absolute Gasteiger partial charge is 0.382 e. The Hall–Kier alpha value is -0.620. The van der Waals surface area contributed by atoms with Gasteiger partial charge in [0, 0.05) is 5.92 Å². The lowest BCUT2D eigenvalue weighted by Gasteiger charge is -2.14. The molecular formula is C7H11F3O3. The van der Waals surface area contributed by atoms with E-state index < -0.39 is 24.8 Å². The summed E-state index contributed by atoms with van der Waals surface area (Å²) in [4.78, 5) is 10.0. The Morgan fingerprint density at radius 2 is 2.00 bits per heavy atom. The van der Waals surface area contributed by atoms with Gasteiger partial charge in [-0.2, -0.15) is 13.2 Å². The molecule has 0 radical (unpaired) electrons. The van der Waals surface area contributed by atoms with Crippen LogP contribution >= 0.6 is 0 Å². The van der Waals surface area contributed by atoms with Crippen LogP contribution in [0.25, 0.3) is 0 Å². The molecule has 0 aromatic heterocycles. The first kappa shape index (κ1) is 12.4. The highest BCUT2D eigenvalue weighted by Crippen LogP contribution is 2.19. The van der Waals surface area contributed by atoms with Crippen molar-refractivity contribution < 1.29 is 27.8 Å². The maximum absolute atomic E-state index is 11.7. The van der Waals surface area contributed by atoms with E-state index in [1.165, 1.54) is 6.92 Å². The van der Waals surface area contributed by atoms with Gasteiger partial charge in [0.25, 0.3) is 0 Å². The highest BCUT2D eigenvalue weighted by Gasteiger charge is 2.38. The third kappa shape index (κ3) is 5.59. The second kappa shape index (κ2) is 5.18. The van der Waals surface area contributed by atoms with Crippen LogP contribution in [0.2, 0.25) is 0 Å². The number of alkyl halides is 3. The number of ether oxygens (including phenoxy) is 1. The Kier molecular flexibility index (Phi) is 4.94. The lowest BCUT2D eigenvalue weighted by atomic mass is 10.2. The van der Waals surface area contributed by atoms with Gasteiger partial charge in [-0.15, -0.1) is 0 Å². The second-order valence-electron chi connectivity index (χ2n) is 2.71. The Bertz CT molecular complexity index is 158. The minimum Gasteiger partial charge on any atom is -0.382 e. The van der Waals surface area contributed by atoms with Gasteiger partial charge in [0.2, 0.25) is 0 Å². The first-order valence-corrected chi connectivity index (χ1v) is 3.65. The van der Waals surface area contributed by atoms with Gasteiger partial charge in [-0.1, -0.05) is 6.92 Å². The molecule has 0 aromatic carbocycles. The first-order valence-electron chi connectivity index (χ1n) is 3.65. The number of hydrogen-bond donors (Lipinski definition) is 1. The van der Waals surface area contributed by atoms with Crippen LogP contribution in [0.3, 0.4) is 0 Å². The highest BCUT2D eigenvalue weighted by molar-refractivity contribution is 5.52. The minimum atomic E-state index is -4.66. The van der Waals surface area contributed by atoms with Gasteiger partial charge >= 0.3 is 6.18 Å². The maximum atomic E-state index is 11.7. The SMILES string of the molecule is C[C@H](C=O)COCC(O)C(F)(F)F. The molecule has 1 N–H and O–H groups in total. The quantitative estimate of drug-likeness (QED) is 0.666. The summed E-state index contributed by atoms with van der Waals surface area (Å²) in [5, 5.41) is 8.43. The summed E-state index contributed by atoms with van der Waals surface area (Å²) >= 11 is 0. The van der Waals surface area contributed by atoms with Crippen molar-refractivity contribution >= 4 is 6.29 Å². The van der Waals surface area contributed by atoms with Crippen LogP contribution in [0, 0.1) is 5.92 Å². The molecule has 0 aliphatic heterocycles. The summed E-state index contributed by atoms with van der Waals surface area (Å²) in [5.41, 5.74) is 0. The van der Waals surface area contributed by atoms with E-state index in [0.29, 0.717) is 6.29 Å². The summed E-state index contributed by atoms with van der Waals surface area (Å²) in [7, 11) is 0. The monoisotopic (exact) mass is 200 g/mol. The summed E-state index contributed by atoms with van der Waals surface area (Å²) < 4.78 is 39.4. The van der Waals surface area contributed by atoms with Crippen LogP contribution < -0.4 is 0 Å². The number of rotatable bonds is 5. The van der Waals surface area contributed by atoms with Crippen LogP contribution in [0.1, 0.15) is 6.92 Å². The second-order valence-corrected chi connectivity index (χ2v) is 2.71. The van der Waals surface area contributed by atoms with Crippen LogP contribution in [0.4, 0.5) is 13.2 Å². The molecule has 2 atom stereocenters. The Morgan fingerprint density at radius 3 is 2.38 bits per heavy atom. The normalized spacial score (nSPS) is 16.7. The summed E-state index contributed by atoms with van der Waals surface area (Å²) in [5.74, 6) is -0.458. The average Bonchev–Trinajstić information content (AvgIpc) is 2.02. The molecule has 0 heterocycles. The molecule has 0 aromatic rings. The van der Waals surface area contributed by atoms with Crippen molar-refractivity contribution in [3.63, 3.8) is 0 Å². The number of aldehydes is 1. The molecule has 0 aliphatic rings. The number of carbonyl (C=O) groups excluding carboxylic acids is 1. The molecule has 13 heavy (non-hydrogen) atoms. The van der Waals surface area contributed by atoms with Crippen molar-refractivity contribution in [1.82, 2.24) is 0 Å².